The molecule has 0 saturated carbocycles. The second kappa shape index (κ2) is 20.3. The summed E-state index contributed by atoms with van der Waals surface area (Å²) in [6.45, 7) is 2.04. The van der Waals surface area contributed by atoms with Crippen LogP contribution in [-0.4, -0.2) is 93.6 Å². The summed E-state index contributed by atoms with van der Waals surface area (Å²) in [5, 5.41) is 36.2. The van der Waals surface area contributed by atoms with Gasteiger partial charge in [0.1, 0.15) is 23.9 Å². The highest BCUT2D eigenvalue weighted by Crippen LogP contribution is 2.11. The second-order valence-corrected chi connectivity index (χ2v) is 10.9. The zero-order chi connectivity index (χ0) is 33.9. The van der Waals surface area contributed by atoms with Gasteiger partial charge in [0.15, 0.2) is 0 Å². The van der Waals surface area contributed by atoms with Gasteiger partial charge < -0.3 is 42.3 Å². The van der Waals surface area contributed by atoms with Crippen LogP contribution in [0.4, 0.5) is 0 Å². The van der Waals surface area contributed by atoms with Gasteiger partial charge in [-0.2, -0.15) is 11.8 Å². The summed E-state index contributed by atoms with van der Waals surface area (Å²) in [6, 6.07) is 11.0. The highest BCUT2D eigenvalue weighted by molar-refractivity contribution is 7.98. The molecular formula is C30H41N5O9S. The average molecular weight is 648 g/mol. The molecule has 0 fully saturated rings. The van der Waals surface area contributed by atoms with Crippen LogP contribution < -0.4 is 27.0 Å². The van der Waals surface area contributed by atoms with Crippen molar-refractivity contribution in [1.29, 1.82) is 0 Å². The Morgan fingerprint density at radius 1 is 0.800 bits per heavy atom. The highest BCUT2D eigenvalue weighted by atomic mass is 32.2. The van der Waals surface area contributed by atoms with Crippen molar-refractivity contribution < 1.29 is 44.1 Å². The van der Waals surface area contributed by atoms with E-state index in [9.17, 15) is 34.2 Å². The van der Waals surface area contributed by atoms with Crippen LogP contribution in [0.15, 0.2) is 54.6 Å². The zero-order valence-corrected chi connectivity index (χ0v) is 26.1. The summed E-state index contributed by atoms with van der Waals surface area (Å²) >= 11 is 1.45. The fourth-order valence-corrected chi connectivity index (χ4v) is 4.23. The first kappa shape index (κ1) is 38.4. The predicted molar refractivity (Wildman–Crippen MR) is 168 cm³/mol. The lowest BCUT2D eigenvalue weighted by molar-refractivity contribution is -0.142. The van der Waals surface area contributed by atoms with Crippen LogP contribution in [-0.2, 0) is 41.6 Å². The van der Waals surface area contributed by atoms with E-state index in [1.54, 1.807) is 42.5 Å². The summed E-state index contributed by atoms with van der Waals surface area (Å²) < 4.78 is 0. The van der Waals surface area contributed by atoms with Gasteiger partial charge >= 0.3 is 5.97 Å². The summed E-state index contributed by atoms with van der Waals surface area (Å²) in [4.78, 5) is 71.2. The van der Waals surface area contributed by atoms with E-state index < -0.39 is 66.3 Å². The normalized spacial score (nSPS) is 13.0. The van der Waals surface area contributed by atoms with Crippen molar-refractivity contribution in [3.63, 3.8) is 0 Å². The molecule has 15 heteroatoms. The molecular weight excluding hydrogens is 606 g/mol. The van der Waals surface area contributed by atoms with Crippen LogP contribution in [0.1, 0.15) is 31.4 Å². The zero-order valence-electron chi connectivity index (χ0n) is 25.3. The first-order valence-electron chi connectivity index (χ1n) is 13.9. The number of carbonyl (C=O) groups is 6. The summed E-state index contributed by atoms with van der Waals surface area (Å²) in [6.07, 6.45) is 2.33. The van der Waals surface area contributed by atoms with Crippen LogP contribution in [0.5, 0.6) is 5.75 Å². The van der Waals surface area contributed by atoms with Crippen molar-refractivity contribution in [2.24, 2.45) is 5.73 Å². The monoisotopic (exact) mass is 647 g/mol. The Kier molecular flexibility index (Phi) is 17.4. The molecule has 2 aromatic rings. The number of phenols is 1. The van der Waals surface area contributed by atoms with Crippen molar-refractivity contribution in [1.82, 2.24) is 21.3 Å². The Morgan fingerprint density at radius 3 is 1.93 bits per heavy atom. The number of aliphatic carboxylic acids is 2. The van der Waals surface area contributed by atoms with E-state index >= 15 is 0 Å². The first-order chi connectivity index (χ1) is 21.2. The number of nitrogens with two attached hydrogens (primary N) is 1. The largest absolute Gasteiger partial charge is 0.508 e. The minimum atomic E-state index is -1.18. The quantitative estimate of drug-likeness (QED) is 0.121. The molecule has 0 saturated heterocycles. The molecule has 2 aromatic carbocycles. The third kappa shape index (κ3) is 16.1. The van der Waals surface area contributed by atoms with E-state index in [4.69, 9.17) is 15.6 Å². The maximum atomic E-state index is 13.0. The van der Waals surface area contributed by atoms with E-state index in [2.05, 4.69) is 21.3 Å². The van der Waals surface area contributed by atoms with Crippen LogP contribution in [0.2, 0.25) is 0 Å². The van der Waals surface area contributed by atoms with E-state index in [0.29, 0.717) is 5.75 Å². The second-order valence-electron chi connectivity index (χ2n) is 9.93. The van der Waals surface area contributed by atoms with Gasteiger partial charge in [0.05, 0.1) is 12.6 Å². The Hall–Kier alpha value is -4.63. The number of rotatable bonds is 16. The molecule has 0 heterocycles. The molecule has 2 rings (SSSR count). The van der Waals surface area contributed by atoms with Gasteiger partial charge in [-0.15, -0.1) is 0 Å². The summed E-state index contributed by atoms with van der Waals surface area (Å²) in [5.74, 6) is -3.95. The topological polar surface area (TPSA) is 237 Å². The fourth-order valence-electron chi connectivity index (χ4n) is 3.75. The van der Waals surface area contributed by atoms with Crippen LogP contribution in [0.25, 0.3) is 0 Å². The molecule has 0 radical (unpaired) electrons. The Morgan fingerprint density at radius 2 is 1.38 bits per heavy atom. The molecule has 45 heavy (non-hydrogen) atoms. The number of carboxylic acids is 2. The lowest BCUT2D eigenvalue weighted by Gasteiger charge is -2.22. The van der Waals surface area contributed by atoms with Gasteiger partial charge in [0.25, 0.3) is 5.97 Å². The number of hydrogen-bond donors (Lipinski definition) is 8. The van der Waals surface area contributed by atoms with E-state index in [-0.39, 0.29) is 25.0 Å². The van der Waals surface area contributed by atoms with Crippen molar-refractivity contribution in [2.45, 2.75) is 57.3 Å². The Balaban J connectivity index is 0.00000238. The number of thioether (sulfide) groups is 1. The molecule has 0 bridgehead atoms. The van der Waals surface area contributed by atoms with Gasteiger partial charge in [-0.1, -0.05) is 42.5 Å². The van der Waals surface area contributed by atoms with Gasteiger partial charge in [0, 0.05) is 13.3 Å². The number of amides is 4. The van der Waals surface area contributed by atoms with E-state index in [0.717, 1.165) is 18.1 Å². The standard InChI is InChI=1S/C28H37N5O7S.C2H4O2/c1-17(31-26(37)21(29)14-19-8-10-20(34)11-9-19)25(36)30-16-24(35)32-23(15-18-6-4-3-5-7-18)27(38)33-22(28(39)40)12-13-41-2;1-2(3)4/h3-11,17,21-23,34H,12-16,29H2,1-2H3,(H,30,36)(H,31,37)(H,32,35)(H,33,38)(H,39,40);1H3,(H,3,4)/t17-,21+,22-,23+;/m1./s1. The third-order valence-electron chi connectivity index (χ3n) is 6.06. The van der Waals surface area contributed by atoms with Crippen molar-refractivity contribution in [2.75, 3.05) is 18.6 Å². The van der Waals surface area contributed by atoms with Crippen LogP contribution in [0, 0.1) is 0 Å². The number of phenolic OH excluding ortho intramolecular Hbond substituents is 1. The molecule has 0 aliphatic rings. The third-order valence-corrected chi connectivity index (χ3v) is 6.71. The first-order valence-corrected chi connectivity index (χ1v) is 15.3. The molecule has 0 aromatic heterocycles. The van der Waals surface area contributed by atoms with Gasteiger partial charge in [0.2, 0.25) is 23.6 Å². The van der Waals surface area contributed by atoms with E-state index in [1.807, 2.05) is 6.26 Å². The van der Waals surface area contributed by atoms with Crippen LogP contribution >= 0.6 is 11.8 Å². The van der Waals surface area contributed by atoms with Crippen LogP contribution in [0.3, 0.4) is 0 Å². The highest BCUT2D eigenvalue weighted by Gasteiger charge is 2.27. The van der Waals surface area contributed by atoms with Crippen molar-refractivity contribution in [3.8, 4) is 5.75 Å². The molecule has 9 N–H and O–H groups in total. The number of carboxylic acid groups (broad SMARTS) is 2. The summed E-state index contributed by atoms with van der Waals surface area (Å²) in [5.41, 5.74) is 7.41. The van der Waals surface area contributed by atoms with Gasteiger partial charge in [-0.05, 0) is 55.0 Å². The molecule has 4 atom stereocenters. The number of benzene rings is 2. The fraction of sp³-hybridized carbons (Fsp3) is 0.400. The maximum Gasteiger partial charge on any atom is 0.326 e. The Labute approximate surface area is 265 Å². The average Bonchev–Trinajstić information content (AvgIpc) is 2.98. The predicted octanol–water partition coefficient (Wildman–Crippen LogP) is 0.0238. The number of aromatic hydroxyl groups is 1. The lowest BCUT2D eigenvalue weighted by atomic mass is 10.0. The molecule has 0 aliphatic carbocycles. The number of carbonyl (C=O) groups excluding carboxylic acids is 4. The van der Waals surface area contributed by atoms with Gasteiger partial charge in [-0.3, -0.25) is 24.0 Å². The minimum absolute atomic E-state index is 0.0868. The van der Waals surface area contributed by atoms with Crippen molar-refractivity contribution >= 4 is 47.3 Å². The maximum absolute atomic E-state index is 13.0. The molecule has 0 unspecified atom stereocenters. The van der Waals surface area contributed by atoms with Crippen molar-refractivity contribution in [3.05, 3.63) is 65.7 Å². The molecule has 246 valence electrons. The smallest absolute Gasteiger partial charge is 0.326 e. The Bertz CT molecular complexity index is 1270. The SMILES string of the molecule is CC(=O)O.CSCC[C@@H](NC(=O)[C@H](Cc1ccccc1)NC(=O)CNC(=O)[C@@H](C)NC(=O)[C@@H](N)Cc1ccc(O)cc1)C(=O)O. The molecule has 14 nitrogen and oxygen atoms in total. The summed E-state index contributed by atoms with van der Waals surface area (Å²) in [7, 11) is 0. The number of nitrogens with one attached hydrogen (secondary N) is 4. The molecule has 0 spiro atoms. The van der Waals surface area contributed by atoms with E-state index in [1.165, 1.54) is 30.8 Å². The lowest BCUT2D eigenvalue weighted by Crippen LogP contribution is -2.55. The van der Waals surface area contributed by atoms with Gasteiger partial charge in [-0.25, -0.2) is 4.79 Å². The minimum Gasteiger partial charge on any atom is -0.508 e. The number of hydrogen-bond acceptors (Lipinski definition) is 9. The molecule has 4 amide bonds. The molecule has 0 aliphatic heterocycles.